The third-order valence-corrected chi connectivity index (χ3v) is 3.91. The molecule has 3 rings (SSSR count). The Bertz CT molecular complexity index is 685. The van der Waals surface area contributed by atoms with E-state index in [0.29, 0.717) is 0 Å². The van der Waals surface area contributed by atoms with Gasteiger partial charge in [0, 0.05) is 35.7 Å². The highest BCUT2D eigenvalue weighted by atomic mass is 32.1. The first kappa shape index (κ1) is 12.3. The molecule has 4 heteroatoms. The molecule has 0 aliphatic carbocycles. The minimum atomic E-state index is 0.815. The summed E-state index contributed by atoms with van der Waals surface area (Å²) in [4.78, 5) is 9.98. The zero-order valence-corrected chi connectivity index (χ0v) is 11.6. The summed E-state index contributed by atoms with van der Waals surface area (Å²) < 4.78 is 0. The first-order chi connectivity index (χ1) is 9.33. The van der Waals surface area contributed by atoms with Gasteiger partial charge in [-0.15, -0.1) is 11.3 Å². The molecule has 0 saturated carbocycles. The molecular weight excluding hydrogens is 254 g/mol. The lowest BCUT2D eigenvalue weighted by atomic mass is 10.1. The Morgan fingerprint density at radius 2 is 2.00 bits per heavy atom. The lowest BCUT2D eigenvalue weighted by Gasteiger charge is -2.06. The third kappa shape index (κ3) is 2.80. The molecule has 3 aromatic rings. The summed E-state index contributed by atoms with van der Waals surface area (Å²) in [6.07, 6.45) is 3.79. The molecule has 3 nitrogen and oxygen atoms in total. The second-order valence-corrected chi connectivity index (χ2v) is 5.77. The monoisotopic (exact) mass is 269 g/mol. The molecule has 0 saturated heterocycles. The van der Waals surface area contributed by atoms with E-state index in [0.717, 1.165) is 23.6 Å². The number of thiazole rings is 1. The number of nitrogens with one attached hydrogen (secondary N) is 1. The summed E-state index contributed by atoms with van der Waals surface area (Å²) in [6.45, 7) is 3.73. The second kappa shape index (κ2) is 5.47. The number of nitrogens with zero attached hydrogens (tertiary/aromatic N) is 2. The van der Waals surface area contributed by atoms with Crippen molar-refractivity contribution in [2.75, 3.05) is 0 Å². The number of hydrogen-bond donors (Lipinski definition) is 1. The second-order valence-electron chi connectivity index (χ2n) is 4.46. The topological polar surface area (TPSA) is 37.8 Å². The molecule has 0 unspecified atom stereocenters. The van der Waals surface area contributed by atoms with Crippen LogP contribution in [0.2, 0.25) is 0 Å². The molecule has 0 spiro atoms. The van der Waals surface area contributed by atoms with E-state index in [1.807, 2.05) is 24.5 Å². The van der Waals surface area contributed by atoms with E-state index in [9.17, 15) is 0 Å². The minimum Gasteiger partial charge on any atom is -0.306 e. The van der Waals surface area contributed by atoms with Gasteiger partial charge in [-0.05, 0) is 24.6 Å². The molecule has 0 aliphatic heterocycles. The number of para-hydroxylation sites is 1. The van der Waals surface area contributed by atoms with Gasteiger partial charge in [-0.1, -0.05) is 18.2 Å². The Morgan fingerprint density at radius 3 is 2.84 bits per heavy atom. The van der Waals surface area contributed by atoms with E-state index in [-0.39, 0.29) is 0 Å². The lowest BCUT2D eigenvalue weighted by molar-refractivity contribution is 0.692. The molecular formula is C15H15N3S. The molecule has 0 amide bonds. The Labute approximate surface area is 116 Å². The van der Waals surface area contributed by atoms with Crippen molar-refractivity contribution in [1.82, 2.24) is 15.3 Å². The Hall–Kier alpha value is -1.78. The molecule has 96 valence electrons. The number of pyridine rings is 1. The SMILES string of the molecule is Cc1cnc(CNCc2ccnc3ccccc23)s1. The van der Waals surface area contributed by atoms with Crippen LogP contribution in [0.3, 0.4) is 0 Å². The molecule has 0 bridgehead atoms. The van der Waals surface area contributed by atoms with Gasteiger partial charge in [0.25, 0.3) is 0 Å². The van der Waals surface area contributed by atoms with Crippen LogP contribution in [0.4, 0.5) is 0 Å². The van der Waals surface area contributed by atoms with Gasteiger partial charge >= 0.3 is 0 Å². The first-order valence-corrected chi connectivity index (χ1v) is 7.09. The van der Waals surface area contributed by atoms with Gasteiger partial charge in [0.2, 0.25) is 0 Å². The van der Waals surface area contributed by atoms with Crippen molar-refractivity contribution in [3.05, 3.63) is 58.2 Å². The molecule has 1 N–H and O–H groups in total. The number of aryl methyl sites for hydroxylation is 1. The van der Waals surface area contributed by atoms with Crippen LogP contribution in [0.1, 0.15) is 15.4 Å². The molecule has 0 aliphatic rings. The standard InChI is InChI=1S/C15H15N3S/c1-11-8-18-15(19-11)10-16-9-12-6-7-17-14-5-3-2-4-13(12)14/h2-8,16H,9-10H2,1H3. The first-order valence-electron chi connectivity index (χ1n) is 6.27. The quantitative estimate of drug-likeness (QED) is 0.789. The van der Waals surface area contributed by atoms with Gasteiger partial charge in [-0.25, -0.2) is 4.98 Å². The van der Waals surface area contributed by atoms with Crippen molar-refractivity contribution < 1.29 is 0 Å². The fourth-order valence-electron chi connectivity index (χ4n) is 2.10. The summed E-state index contributed by atoms with van der Waals surface area (Å²) in [5, 5.41) is 5.79. The van der Waals surface area contributed by atoms with Crippen molar-refractivity contribution in [1.29, 1.82) is 0 Å². The maximum atomic E-state index is 4.37. The molecule has 2 heterocycles. The number of aromatic nitrogens is 2. The summed E-state index contributed by atoms with van der Waals surface area (Å²) in [5.74, 6) is 0. The molecule has 0 fully saturated rings. The highest BCUT2D eigenvalue weighted by molar-refractivity contribution is 7.11. The van der Waals surface area contributed by atoms with E-state index >= 15 is 0 Å². The summed E-state index contributed by atoms with van der Waals surface area (Å²) in [7, 11) is 0. The Balaban J connectivity index is 1.71. The van der Waals surface area contributed by atoms with Gasteiger partial charge in [-0.2, -0.15) is 0 Å². The van der Waals surface area contributed by atoms with Crippen molar-refractivity contribution in [3.8, 4) is 0 Å². The fourth-order valence-corrected chi connectivity index (χ4v) is 2.85. The highest BCUT2D eigenvalue weighted by Gasteiger charge is 2.02. The number of fused-ring (bicyclic) bond motifs is 1. The molecule has 2 aromatic heterocycles. The summed E-state index contributed by atoms with van der Waals surface area (Å²) >= 11 is 1.74. The Morgan fingerprint density at radius 1 is 1.11 bits per heavy atom. The molecule has 0 atom stereocenters. The third-order valence-electron chi connectivity index (χ3n) is 3.00. The minimum absolute atomic E-state index is 0.815. The van der Waals surface area contributed by atoms with E-state index in [1.54, 1.807) is 11.3 Å². The van der Waals surface area contributed by atoms with Gasteiger partial charge < -0.3 is 5.32 Å². The fraction of sp³-hybridized carbons (Fsp3) is 0.200. The van der Waals surface area contributed by atoms with E-state index in [4.69, 9.17) is 0 Å². The Kier molecular flexibility index (Phi) is 3.53. The maximum absolute atomic E-state index is 4.37. The van der Waals surface area contributed by atoms with Crippen molar-refractivity contribution in [3.63, 3.8) is 0 Å². The van der Waals surface area contributed by atoms with Crippen LogP contribution in [-0.4, -0.2) is 9.97 Å². The van der Waals surface area contributed by atoms with Crippen LogP contribution in [-0.2, 0) is 13.1 Å². The van der Waals surface area contributed by atoms with Gasteiger partial charge in [0.15, 0.2) is 0 Å². The van der Waals surface area contributed by atoms with Gasteiger partial charge in [-0.3, -0.25) is 4.98 Å². The van der Waals surface area contributed by atoms with Gasteiger partial charge in [0.05, 0.1) is 5.52 Å². The predicted octanol–water partition coefficient (Wildman–Crippen LogP) is 3.29. The summed E-state index contributed by atoms with van der Waals surface area (Å²) in [6, 6.07) is 10.3. The van der Waals surface area contributed by atoms with Crippen LogP contribution in [0.5, 0.6) is 0 Å². The highest BCUT2D eigenvalue weighted by Crippen LogP contribution is 2.16. The van der Waals surface area contributed by atoms with E-state index in [2.05, 4.69) is 40.4 Å². The van der Waals surface area contributed by atoms with Crippen LogP contribution < -0.4 is 5.32 Å². The number of benzene rings is 1. The maximum Gasteiger partial charge on any atom is 0.107 e. The average molecular weight is 269 g/mol. The predicted molar refractivity (Wildman–Crippen MR) is 79.1 cm³/mol. The van der Waals surface area contributed by atoms with Crippen molar-refractivity contribution >= 4 is 22.2 Å². The normalized spacial score (nSPS) is 11.0. The van der Waals surface area contributed by atoms with Crippen LogP contribution in [0.25, 0.3) is 10.9 Å². The molecule has 1 aromatic carbocycles. The van der Waals surface area contributed by atoms with Crippen molar-refractivity contribution in [2.45, 2.75) is 20.0 Å². The largest absolute Gasteiger partial charge is 0.306 e. The molecule has 19 heavy (non-hydrogen) atoms. The van der Waals surface area contributed by atoms with Gasteiger partial charge in [0.1, 0.15) is 5.01 Å². The van der Waals surface area contributed by atoms with E-state index in [1.165, 1.54) is 15.8 Å². The number of rotatable bonds is 4. The number of hydrogen-bond acceptors (Lipinski definition) is 4. The van der Waals surface area contributed by atoms with Crippen LogP contribution in [0, 0.1) is 6.92 Å². The lowest BCUT2D eigenvalue weighted by Crippen LogP contribution is -2.12. The van der Waals surface area contributed by atoms with E-state index < -0.39 is 0 Å². The smallest absolute Gasteiger partial charge is 0.107 e. The van der Waals surface area contributed by atoms with Crippen LogP contribution in [0.15, 0.2) is 42.7 Å². The average Bonchev–Trinajstić information content (AvgIpc) is 2.85. The van der Waals surface area contributed by atoms with Crippen LogP contribution >= 0.6 is 11.3 Å². The zero-order chi connectivity index (χ0) is 13.1. The summed E-state index contributed by atoms with van der Waals surface area (Å²) in [5.41, 5.74) is 2.32. The molecule has 0 radical (unpaired) electrons. The zero-order valence-electron chi connectivity index (χ0n) is 10.8. The van der Waals surface area contributed by atoms with Crippen molar-refractivity contribution in [2.24, 2.45) is 0 Å².